The molecule has 0 aliphatic rings. The van der Waals surface area contributed by atoms with Gasteiger partial charge in [0.1, 0.15) is 0 Å². The monoisotopic (exact) mass is 482 g/mol. The van der Waals surface area contributed by atoms with Crippen molar-refractivity contribution in [2.45, 2.75) is 24.8 Å². The predicted octanol–water partition coefficient (Wildman–Crippen LogP) is 4.13. The summed E-state index contributed by atoms with van der Waals surface area (Å²) >= 11 is 0. The molecule has 0 aliphatic carbocycles. The third-order valence-corrected chi connectivity index (χ3v) is 6.49. The molecule has 0 fully saturated rings. The Hall–Kier alpha value is -3.49. The lowest BCUT2D eigenvalue weighted by Crippen LogP contribution is -2.16. The van der Waals surface area contributed by atoms with Crippen molar-refractivity contribution in [3.05, 3.63) is 88.5 Å². The number of hydrogen-bond donors (Lipinski definition) is 3. The second kappa shape index (κ2) is 10.2. The number of nitrogens with zero attached hydrogens (tertiary/aromatic N) is 1. The van der Waals surface area contributed by atoms with Gasteiger partial charge in [-0.3, -0.25) is 10.2 Å². The molecule has 34 heavy (non-hydrogen) atoms. The first-order valence-electron chi connectivity index (χ1n) is 10.8. The molecule has 7 nitrogen and oxygen atoms in total. The van der Waals surface area contributed by atoms with Crippen LogP contribution in [0.4, 0.5) is 11.4 Å². The van der Waals surface area contributed by atoms with Crippen LogP contribution >= 0.6 is 0 Å². The fourth-order valence-electron chi connectivity index (χ4n) is 3.67. The molecule has 0 atom stereocenters. The predicted molar refractivity (Wildman–Crippen MR) is 141 cm³/mol. The molecule has 8 heteroatoms. The summed E-state index contributed by atoms with van der Waals surface area (Å²) in [6, 6.07) is 17.6. The topological polar surface area (TPSA) is 116 Å². The van der Waals surface area contributed by atoms with Gasteiger partial charge < -0.3 is 16.0 Å². The van der Waals surface area contributed by atoms with Gasteiger partial charge in [0.15, 0.2) is 9.84 Å². The molecule has 182 valence electrons. The number of benzene rings is 3. The normalized spacial score (nSPS) is 11.4. The molecule has 0 radical (unpaired) electrons. The average molecular weight is 483 g/mol. The quantitative estimate of drug-likeness (QED) is 0.330. The highest BCUT2D eigenvalue weighted by Crippen LogP contribution is 2.24. The fraction of sp³-hybridized carbons (Fsp3) is 0.231. The Morgan fingerprint density at radius 1 is 1.09 bits per heavy atom. The van der Waals surface area contributed by atoms with E-state index in [0.717, 1.165) is 22.9 Å². The van der Waals surface area contributed by atoms with Gasteiger partial charge in [-0.05, 0) is 74.1 Å². The largest absolute Gasteiger partial charge is 0.398 e. The van der Waals surface area contributed by atoms with Gasteiger partial charge in [0.2, 0.25) is 5.91 Å². The number of aryl methyl sites for hydroxylation is 1. The number of rotatable bonds is 8. The lowest BCUT2D eigenvalue weighted by molar-refractivity contribution is -0.115. The Balaban J connectivity index is 0.00000324. The van der Waals surface area contributed by atoms with Gasteiger partial charge >= 0.3 is 0 Å². The maximum Gasteiger partial charge on any atom is 0.228 e. The Labute approximate surface area is 204 Å². The van der Waals surface area contributed by atoms with Crippen molar-refractivity contribution in [3.8, 4) is 0 Å². The molecule has 0 saturated carbocycles. The van der Waals surface area contributed by atoms with Crippen LogP contribution in [0.3, 0.4) is 0 Å². The minimum atomic E-state index is -3.47. The van der Waals surface area contributed by atoms with Gasteiger partial charge in [-0.15, -0.1) is 0 Å². The molecular weight excluding hydrogens is 448 g/mol. The van der Waals surface area contributed by atoms with Crippen LogP contribution in [0.25, 0.3) is 0 Å². The molecule has 0 aromatic heterocycles. The Morgan fingerprint density at radius 2 is 1.79 bits per heavy atom. The molecule has 0 unspecified atom stereocenters. The van der Waals surface area contributed by atoms with Gasteiger partial charge in [0.05, 0.1) is 17.0 Å². The van der Waals surface area contributed by atoms with Crippen molar-refractivity contribution in [1.29, 1.82) is 5.41 Å². The summed E-state index contributed by atoms with van der Waals surface area (Å²) in [4.78, 5) is 14.7. The lowest BCUT2D eigenvalue weighted by atomic mass is 9.98. The first-order valence-corrected chi connectivity index (χ1v) is 12.6. The number of carbonyl (C=O) groups is 1. The minimum absolute atomic E-state index is 0. The number of nitrogens with two attached hydrogens (primary N) is 1. The van der Waals surface area contributed by atoms with Crippen molar-refractivity contribution < 1.29 is 16.1 Å². The SMILES string of the molecule is Cc1ccccc1CC(=O)Nc1ccc(N)c(C(=N)c2cc(CN(C)C)cc(S(C)(=O)=O)c2)c1.[HH].[HH]. The van der Waals surface area contributed by atoms with Gasteiger partial charge in [0, 0.05) is 38.2 Å². The van der Waals surface area contributed by atoms with E-state index in [-0.39, 0.29) is 25.8 Å². The molecular formula is C26H34N4O3S. The van der Waals surface area contributed by atoms with E-state index in [4.69, 9.17) is 11.1 Å². The zero-order valence-electron chi connectivity index (χ0n) is 19.8. The third kappa shape index (κ3) is 6.30. The molecule has 0 spiro atoms. The van der Waals surface area contributed by atoms with E-state index < -0.39 is 9.84 Å². The van der Waals surface area contributed by atoms with Gasteiger partial charge in [-0.1, -0.05) is 24.3 Å². The second-order valence-electron chi connectivity index (χ2n) is 8.70. The molecule has 4 N–H and O–H groups in total. The number of hydrogen-bond acceptors (Lipinski definition) is 6. The van der Waals surface area contributed by atoms with Gasteiger partial charge in [-0.25, -0.2) is 8.42 Å². The van der Waals surface area contributed by atoms with E-state index in [1.165, 1.54) is 6.07 Å². The van der Waals surface area contributed by atoms with Crippen molar-refractivity contribution in [2.75, 3.05) is 31.4 Å². The van der Waals surface area contributed by atoms with Gasteiger partial charge in [0.25, 0.3) is 0 Å². The number of sulfone groups is 1. The summed E-state index contributed by atoms with van der Waals surface area (Å²) in [7, 11) is 0.306. The van der Waals surface area contributed by atoms with Crippen LogP contribution in [0, 0.1) is 12.3 Å². The maximum atomic E-state index is 12.6. The van der Waals surface area contributed by atoms with E-state index in [9.17, 15) is 13.2 Å². The summed E-state index contributed by atoms with van der Waals surface area (Å²) in [5, 5.41) is 11.6. The number of nitrogens with one attached hydrogen (secondary N) is 2. The van der Waals surface area contributed by atoms with E-state index in [2.05, 4.69) is 5.32 Å². The van der Waals surface area contributed by atoms with Crippen LogP contribution in [0.15, 0.2) is 65.6 Å². The van der Waals surface area contributed by atoms with Crippen LogP contribution < -0.4 is 11.1 Å². The lowest BCUT2D eigenvalue weighted by Gasteiger charge is -2.15. The molecule has 0 saturated heterocycles. The number of amides is 1. The molecule has 0 heterocycles. The standard InChI is InChI=1S/C26H30N4O3S.2H2/c1-17-7-5-6-8-19(17)14-25(31)29-21-9-10-24(27)23(15-21)26(28)20-11-18(16-30(2)3)12-22(13-20)34(4,32)33;;/h5-13,15,28H,14,16,27H2,1-4H3,(H,29,31);2*1H. The van der Waals surface area contributed by atoms with Crippen molar-refractivity contribution in [1.82, 2.24) is 4.90 Å². The number of nitrogen functional groups attached to an aromatic ring is 1. The Bertz CT molecular complexity index is 1360. The first-order chi connectivity index (χ1) is 15.9. The van der Waals surface area contributed by atoms with Gasteiger partial charge in [-0.2, -0.15) is 0 Å². The maximum absolute atomic E-state index is 12.6. The van der Waals surface area contributed by atoms with E-state index in [1.807, 2.05) is 50.2 Å². The average Bonchev–Trinajstić information content (AvgIpc) is 2.75. The van der Waals surface area contributed by atoms with E-state index >= 15 is 0 Å². The fourth-order valence-corrected chi connectivity index (χ4v) is 4.37. The highest BCUT2D eigenvalue weighted by Gasteiger charge is 2.16. The van der Waals surface area contributed by atoms with E-state index in [1.54, 1.807) is 30.3 Å². The summed E-state index contributed by atoms with van der Waals surface area (Å²) in [6.45, 7) is 2.48. The van der Waals surface area contributed by atoms with Crippen LogP contribution in [0.1, 0.15) is 30.7 Å². The van der Waals surface area contributed by atoms with Crippen LogP contribution in [0.2, 0.25) is 0 Å². The Morgan fingerprint density at radius 3 is 2.44 bits per heavy atom. The highest BCUT2D eigenvalue weighted by atomic mass is 32.2. The third-order valence-electron chi connectivity index (χ3n) is 5.40. The zero-order valence-corrected chi connectivity index (χ0v) is 20.7. The molecule has 3 rings (SSSR count). The van der Waals surface area contributed by atoms with Crippen molar-refractivity contribution >= 4 is 32.8 Å². The molecule has 0 bridgehead atoms. The van der Waals surface area contributed by atoms with Crippen LogP contribution in [0.5, 0.6) is 0 Å². The van der Waals surface area contributed by atoms with E-state index in [0.29, 0.717) is 29.0 Å². The molecule has 3 aromatic rings. The summed E-state index contributed by atoms with van der Waals surface area (Å²) in [5.41, 5.74) is 10.7. The second-order valence-corrected chi connectivity index (χ2v) is 10.7. The zero-order chi connectivity index (χ0) is 25.0. The number of carbonyl (C=O) groups excluding carboxylic acids is 1. The van der Waals surface area contributed by atoms with Crippen LogP contribution in [-0.4, -0.2) is 45.3 Å². The Kier molecular flexibility index (Phi) is 7.54. The van der Waals surface area contributed by atoms with Crippen LogP contribution in [-0.2, 0) is 27.6 Å². The molecule has 1 amide bonds. The summed E-state index contributed by atoms with van der Waals surface area (Å²) < 4.78 is 24.5. The highest BCUT2D eigenvalue weighted by molar-refractivity contribution is 7.90. The molecule has 3 aromatic carbocycles. The smallest absolute Gasteiger partial charge is 0.228 e. The summed E-state index contributed by atoms with van der Waals surface area (Å²) in [6.07, 6.45) is 1.38. The minimum Gasteiger partial charge on any atom is -0.398 e. The van der Waals surface area contributed by atoms with Crippen molar-refractivity contribution in [2.24, 2.45) is 0 Å². The number of anilines is 2. The summed E-state index contributed by atoms with van der Waals surface area (Å²) in [5.74, 6) is -0.177. The molecule has 0 aliphatic heterocycles. The van der Waals surface area contributed by atoms with Crippen molar-refractivity contribution in [3.63, 3.8) is 0 Å². The first kappa shape index (κ1) is 25.1.